The predicted molar refractivity (Wildman–Crippen MR) is 190 cm³/mol. The third-order valence-corrected chi connectivity index (χ3v) is 42.2. The molecule has 0 N–H and O–H groups in total. The van der Waals surface area contributed by atoms with Gasteiger partial charge in [0.1, 0.15) is 64.6 Å². The summed E-state index contributed by atoms with van der Waals surface area (Å²) in [5.41, 5.74) is 36.6. The summed E-state index contributed by atoms with van der Waals surface area (Å²) in [6.07, 6.45) is 0. The molecule has 0 saturated heterocycles. The normalized spacial score (nSPS) is 27.1. The van der Waals surface area contributed by atoms with Gasteiger partial charge in [0, 0.05) is 0 Å². The smallest absolute Gasteiger partial charge is 0.129 e. The van der Waals surface area contributed by atoms with Crippen molar-refractivity contribution in [1.29, 1.82) is 0 Å². The molecular weight excluding hydrogens is 561 g/mol. The van der Waals surface area contributed by atoms with E-state index in [9.17, 15) is 0 Å². The molecule has 1 aliphatic heterocycles. The number of rotatable bonds is 0. The quantitative estimate of drug-likeness (QED) is 0.190. The van der Waals surface area contributed by atoms with Crippen molar-refractivity contribution in [3.63, 3.8) is 0 Å². The Balaban J connectivity index is 3.62. The van der Waals surface area contributed by atoms with Crippen LogP contribution in [-0.2, 0) is 0 Å². The van der Waals surface area contributed by atoms with Crippen LogP contribution in [0.5, 0.6) is 0 Å². The van der Waals surface area contributed by atoms with Crippen LogP contribution < -0.4 is 0 Å². The minimum Gasteiger partial charge on any atom is -0.139 e. The van der Waals surface area contributed by atoms with Gasteiger partial charge in [-0.05, 0) is 22.7 Å². The van der Waals surface area contributed by atoms with Crippen molar-refractivity contribution in [1.82, 2.24) is 0 Å². The summed E-state index contributed by atoms with van der Waals surface area (Å²) in [7, 11) is -12.9. The van der Waals surface area contributed by atoms with Crippen molar-refractivity contribution in [2.45, 2.75) is 127 Å². The van der Waals surface area contributed by atoms with Gasteiger partial charge in [0.05, 0.1) is 0 Å². The lowest BCUT2D eigenvalue weighted by Crippen LogP contribution is -2.43. The zero-order valence-corrected chi connectivity index (χ0v) is 34.8. The second-order valence-corrected chi connectivity index (χ2v) is 54.6. The Labute approximate surface area is 235 Å². The van der Waals surface area contributed by atoms with Gasteiger partial charge in [-0.2, -0.15) is 0 Å². The Bertz CT molecular complexity index is 827. The largest absolute Gasteiger partial charge is 0.139 e. The molecule has 8 heteroatoms. The van der Waals surface area contributed by atoms with Gasteiger partial charge >= 0.3 is 0 Å². The van der Waals surface area contributed by atoms with E-state index in [2.05, 4.69) is 149 Å². The maximum absolute atomic E-state index is 3.93. The zero-order chi connectivity index (χ0) is 28.5. The molecule has 0 amide bonds. The Morgan fingerprint density at radius 1 is 0.222 bits per heavy atom. The van der Waals surface area contributed by atoms with Gasteiger partial charge in [0.15, 0.2) is 0 Å². The topological polar surface area (TPSA) is 0 Å². The maximum Gasteiger partial charge on any atom is 0.129 e. The number of hydrogen-bond acceptors (Lipinski definition) is 0. The van der Waals surface area contributed by atoms with E-state index in [-0.39, 0.29) is 0 Å². The second kappa shape index (κ2) is 11.2. The van der Waals surface area contributed by atoms with Crippen molar-refractivity contribution >= 4 is 64.6 Å². The van der Waals surface area contributed by atoms with Crippen LogP contribution in [0, 0.1) is 44.3 Å². The van der Waals surface area contributed by atoms with E-state index >= 15 is 0 Å². The van der Waals surface area contributed by atoms with Crippen LogP contribution in [0.4, 0.5) is 0 Å². The SMILES string of the molecule is C[Si]1(C)C#C[Si](C)(C)C[Si](C)(C)C#C[Si](C)(C)C[Si](C)(C)C#C[Si](C)(C)C[Si](C)(C)C#C[Si](C)(C)C1. The molecule has 0 aromatic heterocycles. The standard InChI is InChI=1S/C28H56Si8/c1-29(2)17-18-31(5,6)26-33(9,10)21-22-35(13,14)28-36(15,16)24-23-34(11,12)27-32(7,8)20-19-30(3,4)25-29/h25-28H2,1-16H3. The van der Waals surface area contributed by atoms with Gasteiger partial charge in [-0.3, -0.25) is 0 Å². The zero-order valence-electron chi connectivity index (χ0n) is 26.8. The van der Waals surface area contributed by atoms with E-state index < -0.39 is 64.6 Å². The Kier molecular flexibility index (Phi) is 10.6. The van der Waals surface area contributed by atoms with Crippen molar-refractivity contribution in [3.05, 3.63) is 0 Å². The van der Waals surface area contributed by atoms with E-state index in [1.165, 1.54) is 22.7 Å². The molecule has 0 fully saturated rings. The molecule has 0 aliphatic carbocycles. The van der Waals surface area contributed by atoms with E-state index in [0.29, 0.717) is 0 Å². The molecular formula is C28H56Si8. The highest BCUT2D eigenvalue weighted by molar-refractivity contribution is 7.08. The van der Waals surface area contributed by atoms with Crippen LogP contribution in [0.3, 0.4) is 0 Å². The fourth-order valence-corrected chi connectivity index (χ4v) is 55.1. The molecule has 1 rings (SSSR count). The van der Waals surface area contributed by atoms with Gasteiger partial charge in [0.2, 0.25) is 0 Å². The molecule has 0 atom stereocenters. The van der Waals surface area contributed by atoms with E-state index in [0.717, 1.165) is 0 Å². The third kappa shape index (κ3) is 13.7. The van der Waals surface area contributed by atoms with Crippen LogP contribution in [0.15, 0.2) is 0 Å². The first kappa shape index (κ1) is 34.0. The van der Waals surface area contributed by atoms with Crippen LogP contribution in [0.2, 0.25) is 127 Å². The van der Waals surface area contributed by atoms with Crippen LogP contribution in [0.25, 0.3) is 0 Å². The van der Waals surface area contributed by atoms with E-state index in [1.54, 1.807) is 0 Å². The predicted octanol–water partition coefficient (Wildman–Crippen LogP) is 8.15. The summed E-state index contributed by atoms with van der Waals surface area (Å²) in [6.45, 7) is 39.8. The Hall–Kier alpha value is -0.0249. The molecule has 200 valence electrons. The van der Waals surface area contributed by atoms with Crippen LogP contribution in [0.1, 0.15) is 0 Å². The first-order valence-corrected chi connectivity index (χ1v) is 39.5. The Morgan fingerprint density at radius 2 is 0.306 bits per heavy atom. The van der Waals surface area contributed by atoms with Crippen molar-refractivity contribution in [2.24, 2.45) is 0 Å². The summed E-state index contributed by atoms with van der Waals surface area (Å²) >= 11 is 0. The third-order valence-electron chi connectivity index (χ3n) is 6.49. The average Bonchev–Trinajstić information content (AvgIpc) is 2.59. The highest BCUT2D eigenvalue weighted by Crippen LogP contribution is 2.25. The first-order valence-electron chi connectivity index (χ1n) is 13.8. The first-order chi connectivity index (χ1) is 15.7. The molecule has 0 radical (unpaired) electrons. The average molecular weight is 617 g/mol. The van der Waals surface area contributed by atoms with Gasteiger partial charge in [-0.1, -0.05) is 105 Å². The fourth-order valence-electron chi connectivity index (χ4n) is 6.13. The van der Waals surface area contributed by atoms with Crippen molar-refractivity contribution in [2.75, 3.05) is 0 Å². The highest BCUT2D eigenvalue weighted by Gasteiger charge is 2.36. The molecule has 36 heavy (non-hydrogen) atoms. The molecule has 0 unspecified atom stereocenters. The molecule has 0 aromatic carbocycles. The monoisotopic (exact) mass is 616 g/mol. The molecule has 0 spiro atoms. The minimum absolute atomic E-state index is 1.29. The Morgan fingerprint density at radius 3 is 0.389 bits per heavy atom. The number of hydrogen-bond donors (Lipinski definition) is 0. The van der Waals surface area contributed by atoms with Crippen molar-refractivity contribution < 1.29 is 0 Å². The summed E-state index contributed by atoms with van der Waals surface area (Å²) in [6, 6.07) is 0. The maximum atomic E-state index is 3.93. The second-order valence-electron chi connectivity index (χ2n) is 16.8. The summed E-state index contributed by atoms with van der Waals surface area (Å²) in [5, 5.41) is 0. The lowest BCUT2D eigenvalue weighted by molar-refractivity contribution is 1.58. The van der Waals surface area contributed by atoms with E-state index in [4.69, 9.17) is 0 Å². The molecule has 0 aromatic rings. The molecule has 0 saturated carbocycles. The molecule has 0 nitrogen and oxygen atoms in total. The highest BCUT2D eigenvalue weighted by atomic mass is 28.4. The molecule has 1 aliphatic rings. The lowest BCUT2D eigenvalue weighted by Gasteiger charge is -2.29. The van der Waals surface area contributed by atoms with Gasteiger partial charge in [-0.25, -0.2) is 0 Å². The summed E-state index contributed by atoms with van der Waals surface area (Å²) in [5.74, 6) is 0. The molecule has 1 heterocycles. The van der Waals surface area contributed by atoms with Crippen LogP contribution >= 0.6 is 0 Å². The van der Waals surface area contributed by atoms with Gasteiger partial charge in [0.25, 0.3) is 0 Å². The van der Waals surface area contributed by atoms with Gasteiger partial charge < -0.3 is 0 Å². The van der Waals surface area contributed by atoms with Crippen molar-refractivity contribution in [3.8, 4) is 44.3 Å². The summed E-state index contributed by atoms with van der Waals surface area (Å²) < 4.78 is 0. The molecule has 0 bridgehead atoms. The lowest BCUT2D eigenvalue weighted by atomic mass is 11.3. The van der Waals surface area contributed by atoms with Gasteiger partial charge in [-0.15, -0.1) is 44.3 Å². The fraction of sp³-hybridized carbons (Fsp3) is 0.714. The van der Waals surface area contributed by atoms with E-state index in [1.807, 2.05) is 0 Å². The summed E-state index contributed by atoms with van der Waals surface area (Å²) in [4.78, 5) is 0. The van der Waals surface area contributed by atoms with Crippen LogP contribution in [-0.4, -0.2) is 64.6 Å². The minimum atomic E-state index is -1.61.